The molecule has 3 aromatic heterocycles. The number of alkyl halides is 3. The zero-order valence-electron chi connectivity index (χ0n) is 16.4. The number of primary amides is 1. The van der Waals surface area contributed by atoms with Gasteiger partial charge in [0.15, 0.2) is 5.82 Å². The van der Waals surface area contributed by atoms with Crippen LogP contribution < -0.4 is 11.1 Å². The number of carbonyl (C=O) groups is 1. The number of aromatic amines is 1. The molecule has 0 aromatic carbocycles. The molecule has 3 aromatic rings. The lowest BCUT2D eigenvalue weighted by Gasteiger charge is -2.09. The normalized spacial score (nSPS) is 18.6. The number of ether oxygens (including phenoxy) is 2. The number of imidazole rings is 1. The first-order chi connectivity index (χ1) is 15.2. The fraction of sp³-hybridized carbons (Fsp3) is 0.389. The summed E-state index contributed by atoms with van der Waals surface area (Å²) < 4.78 is 47.2. The van der Waals surface area contributed by atoms with E-state index in [9.17, 15) is 23.2 Å². The number of nitrogens with one attached hydrogen (secondary N) is 2. The smallest absolute Gasteiger partial charge is 0.446 e. The zero-order chi connectivity index (χ0) is 22.9. The van der Waals surface area contributed by atoms with Gasteiger partial charge in [-0.15, -0.1) is 13.2 Å². The van der Waals surface area contributed by atoms with Crippen LogP contribution in [0.2, 0.25) is 0 Å². The quantitative estimate of drug-likeness (QED) is 0.517. The minimum Gasteiger partial charge on any atom is -0.446 e. The fourth-order valence-electron chi connectivity index (χ4n) is 3.63. The Morgan fingerprint density at radius 2 is 2.19 bits per heavy atom. The Balaban J connectivity index is 1.53. The monoisotopic (exact) mass is 450 g/mol. The van der Waals surface area contributed by atoms with E-state index in [1.165, 1.54) is 16.7 Å². The molecule has 0 unspecified atom stereocenters. The largest absolute Gasteiger partial charge is 0.522 e. The number of anilines is 2. The van der Waals surface area contributed by atoms with Crippen molar-refractivity contribution in [3.05, 3.63) is 35.4 Å². The Bertz CT molecular complexity index is 1180. The van der Waals surface area contributed by atoms with E-state index < -0.39 is 19.1 Å². The van der Waals surface area contributed by atoms with Crippen LogP contribution >= 0.6 is 0 Å². The number of nitrogens with zero attached hydrogens (tertiary/aromatic N) is 5. The highest BCUT2D eigenvalue weighted by atomic mass is 19.4. The number of H-pyrrole nitrogens is 1. The molecule has 0 radical (unpaired) electrons. The average Bonchev–Trinajstić information content (AvgIpc) is 3.44. The van der Waals surface area contributed by atoms with E-state index in [4.69, 9.17) is 10.5 Å². The van der Waals surface area contributed by atoms with Crippen LogP contribution in [-0.2, 0) is 16.1 Å². The number of hydrogen-bond donors (Lipinski definition) is 3. The van der Waals surface area contributed by atoms with Gasteiger partial charge in [0.1, 0.15) is 23.5 Å². The van der Waals surface area contributed by atoms with E-state index in [0.717, 1.165) is 12.1 Å². The molecule has 0 spiro atoms. The Labute approximate surface area is 178 Å². The van der Waals surface area contributed by atoms with Crippen LogP contribution in [0.15, 0.2) is 18.3 Å². The number of carbonyl (C=O) groups excluding carboxylic acids is 1. The third-order valence-corrected chi connectivity index (χ3v) is 4.95. The SMILES string of the molecule is N#Cc1cc2nc(COC(F)(F)F)cn2c(Nc2cc([C@H]3CC[C@@H](OC(N)=O)C3)[nH]n2)n1. The first kappa shape index (κ1) is 21.4. The topological polar surface area (TPSA) is 156 Å². The number of hydrogen-bond acceptors (Lipinski definition) is 8. The first-order valence-corrected chi connectivity index (χ1v) is 9.48. The minimum atomic E-state index is -4.79. The predicted molar refractivity (Wildman–Crippen MR) is 101 cm³/mol. The van der Waals surface area contributed by atoms with Crippen molar-refractivity contribution < 1.29 is 27.4 Å². The summed E-state index contributed by atoms with van der Waals surface area (Å²) in [7, 11) is 0. The molecule has 1 aliphatic rings. The molecule has 0 saturated heterocycles. The van der Waals surface area contributed by atoms with Crippen LogP contribution in [0.4, 0.5) is 29.7 Å². The van der Waals surface area contributed by atoms with Gasteiger partial charge >= 0.3 is 12.5 Å². The molecule has 14 heteroatoms. The van der Waals surface area contributed by atoms with E-state index in [1.54, 1.807) is 6.07 Å². The van der Waals surface area contributed by atoms with Crippen LogP contribution in [0.5, 0.6) is 0 Å². The Kier molecular flexibility index (Phi) is 5.57. The molecular weight excluding hydrogens is 433 g/mol. The van der Waals surface area contributed by atoms with E-state index in [1.807, 2.05) is 6.07 Å². The minimum absolute atomic E-state index is 0.0106. The van der Waals surface area contributed by atoms with Crippen molar-refractivity contribution in [2.24, 2.45) is 5.73 Å². The van der Waals surface area contributed by atoms with E-state index in [0.29, 0.717) is 18.7 Å². The molecule has 4 N–H and O–H groups in total. The molecule has 1 aliphatic carbocycles. The first-order valence-electron chi connectivity index (χ1n) is 9.48. The molecule has 168 valence electrons. The number of aromatic nitrogens is 5. The summed E-state index contributed by atoms with van der Waals surface area (Å²) in [5.74, 6) is 0.606. The lowest BCUT2D eigenvalue weighted by atomic mass is 10.0. The van der Waals surface area contributed by atoms with E-state index in [2.05, 4.69) is 30.2 Å². The molecule has 1 saturated carbocycles. The van der Waals surface area contributed by atoms with Gasteiger partial charge in [0.25, 0.3) is 0 Å². The second-order valence-corrected chi connectivity index (χ2v) is 7.17. The molecule has 1 amide bonds. The van der Waals surface area contributed by atoms with Crippen LogP contribution in [0.1, 0.15) is 42.3 Å². The van der Waals surface area contributed by atoms with E-state index in [-0.39, 0.29) is 35.0 Å². The third-order valence-electron chi connectivity index (χ3n) is 4.95. The molecule has 1 fully saturated rings. The highest BCUT2D eigenvalue weighted by Gasteiger charge is 2.30. The summed E-state index contributed by atoms with van der Waals surface area (Å²) in [5, 5.41) is 19.3. The van der Waals surface area contributed by atoms with E-state index >= 15 is 0 Å². The second kappa shape index (κ2) is 8.35. The highest BCUT2D eigenvalue weighted by molar-refractivity contribution is 5.64. The molecule has 3 heterocycles. The maximum atomic E-state index is 12.3. The maximum absolute atomic E-state index is 12.3. The molecule has 0 aliphatic heterocycles. The van der Waals surface area contributed by atoms with Crippen molar-refractivity contribution in [2.45, 2.75) is 44.3 Å². The summed E-state index contributed by atoms with van der Waals surface area (Å²) in [6.45, 7) is -0.782. The molecule has 0 bridgehead atoms. The van der Waals surface area contributed by atoms with Crippen molar-refractivity contribution in [3.63, 3.8) is 0 Å². The molecule has 2 atom stereocenters. The number of nitriles is 1. The van der Waals surface area contributed by atoms with Gasteiger partial charge in [-0.25, -0.2) is 14.8 Å². The van der Waals surface area contributed by atoms with Crippen LogP contribution in [0.3, 0.4) is 0 Å². The third kappa shape index (κ3) is 4.89. The highest BCUT2D eigenvalue weighted by Crippen LogP contribution is 2.36. The summed E-state index contributed by atoms with van der Waals surface area (Å²) in [6, 6.07) is 4.97. The predicted octanol–water partition coefficient (Wildman–Crippen LogP) is 2.84. The maximum Gasteiger partial charge on any atom is 0.522 e. The number of nitrogens with two attached hydrogens (primary N) is 1. The van der Waals surface area contributed by atoms with Gasteiger partial charge in [-0.2, -0.15) is 10.4 Å². The summed E-state index contributed by atoms with van der Waals surface area (Å²) in [4.78, 5) is 19.1. The van der Waals surface area contributed by atoms with Gasteiger partial charge < -0.3 is 15.8 Å². The van der Waals surface area contributed by atoms with Crippen molar-refractivity contribution in [1.82, 2.24) is 24.6 Å². The summed E-state index contributed by atoms with van der Waals surface area (Å²) in [5.41, 5.74) is 6.12. The lowest BCUT2D eigenvalue weighted by Crippen LogP contribution is -2.20. The summed E-state index contributed by atoms with van der Waals surface area (Å²) >= 11 is 0. The number of rotatable bonds is 6. The van der Waals surface area contributed by atoms with Crippen molar-refractivity contribution >= 4 is 23.5 Å². The van der Waals surface area contributed by atoms with Crippen LogP contribution in [0, 0.1) is 11.3 Å². The number of fused-ring (bicyclic) bond motifs is 1. The Morgan fingerprint density at radius 3 is 2.91 bits per heavy atom. The molecule has 4 rings (SSSR count). The van der Waals surface area contributed by atoms with Crippen LogP contribution in [-0.4, -0.2) is 43.1 Å². The average molecular weight is 450 g/mol. The van der Waals surface area contributed by atoms with Crippen molar-refractivity contribution in [2.75, 3.05) is 5.32 Å². The lowest BCUT2D eigenvalue weighted by molar-refractivity contribution is -0.330. The molecule has 11 nitrogen and oxygen atoms in total. The Morgan fingerprint density at radius 1 is 1.38 bits per heavy atom. The fourth-order valence-corrected chi connectivity index (χ4v) is 3.63. The van der Waals surface area contributed by atoms with Gasteiger partial charge in [-0.05, 0) is 19.3 Å². The number of halogens is 3. The summed E-state index contributed by atoms with van der Waals surface area (Å²) in [6.07, 6.45) is -2.48. The second-order valence-electron chi connectivity index (χ2n) is 7.17. The van der Waals surface area contributed by atoms with Gasteiger partial charge in [-0.3, -0.25) is 14.2 Å². The van der Waals surface area contributed by atoms with Crippen molar-refractivity contribution in [3.8, 4) is 6.07 Å². The Hall–Kier alpha value is -3.86. The van der Waals surface area contributed by atoms with Gasteiger partial charge in [-0.1, -0.05) is 0 Å². The van der Waals surface area contributed by atoms with Crippen molar-refractivity contribution in [1.29, 1.82) is 5.26 Å². The zero-order valence-corrected chi connectivity index (χ0v) is 16.4. The van der Waals surface area contributed by atoms with Gasteiger partial charge in [0, 0.05) is 29.9 Å². The number of amides is 1. The molecule has 32 heavy (non-hydrogen) atoms. The molecular formula is C18H17F3N8O3. The van der Waals surface area contributed by atoms with Gasteiger partial charge in [0.2, 0.25) is 5.95 Å². The standard InChI is InChI=1S/C18H17F3N8O3/c19-18(20,21)31-8-11-7-29-15(24-11)4-10(6-22)25-17(29)26-14-5-13(27-28-14)9-1-2-12(3-9)32-16(23)30/h4-5,7,9,12H,1-3,8H2,(H2,23,30)(H2,25,26,27,28)/t9-,12+/m0/s1. The van der Waals surface area contributed by atoms with Gasteiger partial charge in [0.05, 0.1) is 12.3 Å². The van der Waals surface area contributed by atoms with Crippen LogP contribution in [0.25, 0.3) is 5.65 Å².